The molecule has 1 N–H and O–H groups in total. The van der Waals surface area contributed by atoms with Gasteiger partial charge in [-0.25, -0.2) is 0 Å². The Labute approximate surface area is 44.6 Å². The summed E-state index contributed by atoms with van der Waals surface area (Å²) in [4.78, 5) is 2.91. The molecule has 0 spiro atoms. The van der Waals surface area contributed by atoms with Crippen LogP contribution in [0.3, 0.4) is 0 Å². The van der Waals surface area contributed by atoms with E-state index in [0.29, 0.717) is 0 Å². The number of rotatable bonds is 0. The molecule has 1 heterocycles. The van der Waals surface area contributed by atoms with Crippen LogP contribution in [0.4, 0.5) is 0 Å². The van der Waals surface area contributed by atoms with Crippen LogP contribution in [-0.4, -0.2) is 21.0 Å². The molecule has 1 rings (SSSR count). The average Bonchev–Trinajstić information content (AvgIpc) is 1.86. The third-order valence-corrected chi connectivity index (χ3v) is 1.17. The van der Waals surface area contributed by atoms with Gasteiger partial charge in [0.1, 0.15) is 0 Å². The molecule has 0 radical (unpaired) electrons. The average molecular weight is 146 g/mol. The Bertz CT molecular complexity index is 111. The van der Waals surface area contributed by atoms with Crippen molar-refractivity contribution in [2.45, 2.75) is 0 Å². The first kappa shape index (κ1) is 3.97. The van der Waals surface area contributed by atoms with Gasteiger partial charge in [-0.3, -0.25) is 0 Å². The molecule has 1 aromatic heterocycles. The first-order valence-corrected chi connectivity index (χ1v) is 2.65. The maximum absolute atomic E-state index is 2.91. The standard InChI is InChI=1S/C4H5NSe/c6-4-1-2-5-3-4/h1-3,5-6H. The first-order chi connectivity index (χ1) is 2.89. The summed E-state index contributed by atoms with van der Waals surface area (Å²) in [7, 11) is 0. The predicted octanol–water partition coefficient (Wildman–Crippen LogP) is -0.459. The molecule has 0 unspecified atom stereocenters. The van der Waals surface area contributed by atoms with Crippen LogP contribution in [0.2, 0.25) is 0 Å². The fraction of sp³-hybridized carbons (Fsp3) is 0. The van der Waals surface area contributed by atoms with E-state index in [9.17, 15) is 0 Å². The van der Waals surface area contributed by atoms with Crippen molar-refractivity contribution in [3.63, 3.8) is 0 Å². The van der Waals surface area contributed by atoms with Crippen molar-refractivity contribution in [1.29, 1.82) is 0 Å². The second-order valence-electron chi connectivity index (χ2n) is 1.07. The van der Waals surface area contributed by atoms with E-state index >= 15 is 0 Å². The third-order valence-electron chi connectivity index (χ3n) is 0.582. The van der Waals surface area contributed by atoms with Gasteiger partial charge in [0.15, 0.2) is 0 Å². The van der Waals surface area contributed by atoms with Crippen LogP contribution in [0.15, 0.2) is 18.5 Å². The molecule has 0 amide bonds. The summed E-state index contributed by atoms with van der Waals surface area (Å²) in [5.41, 5.74) is 0. The Morgan fingerprint density at radius 1 is 1.67 bits per heavy atom. The van der Waals surface area contributed by atoms with Gasteiger partial charge in [-0.05, 0) is 0 Å². The van der Waals surface area contributed by atoms with Crippen LogP contribution in [-0.2, 0) is 0 Å². The zero-order valence-corrected chi connectivity index (χ0v) is 5.06. The van der Waals surface area contributed by atoms with Crippen molar-refractivity contribution in [3.8, 4) is 0 Å². The van der Waals surface area contributed by atoms with Crippen LogP contribution >= 0.6 is 0 Å². The van der Waals surface area contributed by atoms with Crippen molar-refractivity contribution < 1.29 is 0 Å². The van der Waals surface area contributed by atoms with Crippen molar-refractivity contribution in [2.24, 2.45) is 0 Å². The van der Waals surface area contributed by atoms with Gasteiger partial charge in [-0.2, -0.15) is 0 Å². The van der Waals surface area contributed by atoms with Crippen LogP contribution in [0, 0.1) is 0 Å². The van der Waals surface area contributed by atoms with Gasteiger partial charge in [0.05, 0.1) is 0 Å². The molecule has 0 saturated heterocycles. The van der Waals surface area contributed by atoms with Crippen molar-refractivity contribution in [1.82, 2.24) is 4.98 Å². The van der Waals surface area contributed by atoms with Crippen molar-refractivity contribution >= 4 is 20.5 Å². The van der Waals surface area contributed by atoms with Crippen LogP contribution in [0.25, 0.3) is 0 Å². The monoisotopic (exact) mass is 147 g/mol. The molecule has 0 bridgehead atoms. The summed E-state index contributed by atoms with van der Waals surface area (Å²) in [6.45, 7) is 0. The SMILES string of the molecule is [SeH]c1cc[nH]c1. The summed E-state index contributed by atoms with van der Waals surface area (Å²) >= 11 is 2.45. The van der Waals surface area contributed by atoms with E-state index in [1.807, 2.05) is 18.5 Å². The van der Waals surface area contributed by atoms with Gasteiger partial charge in [0.25, 0.3) is 0 Å². The summed E-state index contributed by atoms with van der Waals surface area (Å²) < 4.78 is 1.22. The van der Waals surface area contributed by atoms with Gasteiger partial charge < -0.3 is 0 Å². The summed E-state index contributed by atoms with van der Waals surface area (Å²) in [5, 5.41) is 0. The second-order valence-corrected chi connectivity index (χ2v) is 2.15. The van der Waals surface area contributed by atoms with Crippen molar-refractivity contribution in [3.05, 3.63) is 18.5 Å². The van der Waals surface area contributed by atoms with Gasteiger partial charge in [0.2, 0.25) is 0 Å². The molecule has 0 aliphatic carbocycles. The zero-order valence-electron chi connectivity index (χ0n) is 3.18. The molecule has 0 aliphatic heterocycles. The molecule has 0 aliphatic rings. The van der Waals surface area contributed by atoms with E-state index in [2.05, 4.69) is 21.0 Å². The molecule has 0 fully saturated rings. The molecule has 0 atom stereocenters. The molecular formula is C4H5NSe. The zero-order chi connectivity index (χ0) is 4.41. The predicted molar refractivity (Wildman–Crippen MR) is 27.6 cm³/mol. The quantitative estimate of drug-likeness (QED) is 0.477. The molecular weight excluding hydrogens is 141 g/mol. The molecule has 0 saturated carbocycles. The van der Waals surface area contributed by atoms with E-state index in [4.69, 9.17) is 0 Å². The normalized spacial score (nSPS) is 8.83. The fourth-order valence-electron chi connectivity index (χ4n) is 0.315. The van der Waals surface area contributed by atoms with Crippen LogP contribution < -0.4 is 4.46 Å². The minimum absolute atomic E-state index is 1.22. The summed E-state index contributed by atoms with van der Waals surface area (Å²) in [5.74, 6) is 0. The number of aromatic nitrogens is 1. The van der Waals surface area contributed by atoms with E-state index in [1.54, 1.807) is 0 Å². The molecule has 1 aromatic rings. The minimum atomic E-state index is 1.22. The van der Waals surface area contributed by atoms with E-state index in [0.717, 1.165) is 0 Å². The number of H-pyrrole nitrogens is 1. The topological polar surface area (TPSA) is 15.8 Å². The number of aromatic amines is 1. The number of hydrogen-bond donors (Lipinski definition) is 1. The molecule has 1 nitrogen and oxygen atoms in total. The van der Waals surface area contributed by atoms with Crippen molar-refractivity contribution in [2.75, 3.05) is 0 Å². The first-order valence-electron chi connectivity index (χ1n) is 1.71. The fourth-order valence-corrected chi connectivity index (χ4v) is 0.628. The number of hydrogen-bond acceptors (Lipinski definition) is 0. The van der Waals surface area contributed by atoms with E-state index < -0.39 is 0 Å². The Morgan fingerprint density at radius 3 is 2.67 bits per heavy atom. The number of nitrogens with one attached hydrogen (secondary N) is 1. The third kappa shape index (κ3) is 0.644. The molecule has 32 valence electrons. The molecule has 6 heavy (non-hydrogen) atoms. The summed E-state index contributed by atoms with van der Waals surface area (Å²) in [6.07, 6.45) is 3.83. The Balaban J connectivity index is 3.05. The Morgan fingerprint density at radius 2 is 2.50 bits per heavy atom. The van der Waals surface area contributed by atoms with Gasteiger partial charge in [-0.1, -0.05) is 0 Å². The molecule has 2 heteroatoms. The Hall–Kier alpha value is -0.201. The van der Waals surface area contributed by atoms with Crippen LogP contribution in [0.5, 0.6) is 0 Å². The maximum atomic E-state index is 2.91. The summed E-state index contributed by atoms with van der Waals surface area (Å²) in [6, 6.07) is 2.00. The Kier molecular flexibility index (Phi) is 0.992. The van der Waals surface area contributed by atoms with E-state index in [-0.39, 0.29) is 0 Å². The second kappa shape index (κ2) is 1.50. The van der Waals surface area contributed by atoms with Gasteiger partial charge in [0, 0.05) is 0 Å². The molecule has 0 aromatic carbocycles. The van der Waals surface area contributed by atoms with Gasteiger partial charge >= 0.3 is 43.9 Å². The van der Waals surface area contributed by atoms with E-state index in [1.165, 1.54) is 4.46 Å². The van der Waals surface area contributed by atoms with Crippen LogP contribution in [0.1, 0.15) is 0 Å². The van der Waals surface area contributed by atoms with Gasteiger partial charge in [-0.15, -0.1) is 0 Å².